The van der Waals surface area contributed by atoms with Crippen LogP contribution in [0.1, 0.15) is 64.0 Å². The zero-order valence-corrected chi connectivity index (χ0v) is 11.7. The van der Waals surface area contributed by atoms with E-state index in [1.54, 1.807) is 12.1 Å². The SMILES string of the molecule is CCCCCCCCN[C@@H](C)c1cccc(F)c1. The van der Waals surface area contributed by atoms with Gasteiger partial charge in [-0.1, -0.05) is 51.2 Å². The second kappa shape index (κ2) is 9.09. The summed E-state index contributed by atoms with van der Waals surface area (Å²) >= 11 is 0. The maximum atomic E-state index is 13.1. The standard InChI is InChI=1S/C16H26FN/c1-3-4-5-6-7-8-12-18-14(2)15-10-9-11-16(17)13-15/h9-11,13-14,18H,3-8,12H2,1-2H3/t14-/m0/s1. The number of hydrogen-bond donors (Lipinski definition) is 1. The van der Waals surface area contributed by atoms with Gasteiger partial charge in [-0.3, -0.25) is 0 Å². The minimum Gasteiger partial charge on any atom is -0.310 e. The molecule has 0 radical (unpaired) electrons. The van der Waals surface area contributed by atoms with Gasteiger partial charge in [-0.2, -0.15) is 0 Å². The highest BCUT2D eigenvalue weighted by Crippen LogP contribution is 2.13. The van der Waals surface area contributed by atoms with Gasteiger partial charge in [0.05, 0.1) is 0 Å². The van der Waals surface area contributed by atoms with Crippen LogP contribution in [0.4, 0.5) is 4.39 Å². The van der Waals surface area contributed by atoms with Gasteiger partial charge < -0.3 is 5.32 Å². The molecule has 0 heterocycles. The lowest BCUT2D eigenvalue weighted by Gasteiger charge is -2.14. The van der Waals surface area contributed by atoms with Crippen LogP contribution in [0.15, 0.2) is 24.3 Å². The Morgan fingerprint density at radius 1 is 1.11 bits per heavy atom. The third kappa shape index (κ3) is 6.15. The smallest absolute Gasteiger partial charge is 0.123 e. The summed E-state index contributed by atoms with van der Waals surface area (Å²) in [5.41, 5.74) is 1.03. The molecular weight excluding hydrogens is 225 g/mol. The molecule has 0 aliphatic heterocycles. The quantitative estimate of drug-likeness (QED) is 0.619. The lowest BCUT2D eigenvalue weighted by atomic mass is 10.1. The molecule has 0 aliphatic carbocycles. The van der Waals surface area contributed by atoms with Gasteiger partial charge in [0.25, 0.3) is 0 Å². The molecule has 1 aromatic rings. The summed E-state index contributed by atoms with van der Waals surface area (Å²) in [6.07, 6.45) is 7.86. The molecule has 0 saturated heterocycles. The molecule has 2 heteroatoms. The number of halogens is 1. The normalized spacial score (nSPS) is 12.6. The van der Waals surface area contributed by atoms with Crippen molar-refractivity contribution in [2.45, 2.75) is 58.4 Å². The Morgan fingerprint density at radius 3 is 2.56 bits per heavy atom. The predicted octanol–water partition coefficient (Wildman–Crippen LogP) is 4.84. The van der Waals surface area contributed by atoms with E-state index in [9.17, 15) is 4.39 Å². The number of benzene rings is 1. The molecule has 102 valence electrons. The van der Waals surface area contributed by atoms with Crippen LogP contribution in [0.25, 0.3) is 0 Å². The van der Waals surface area contributed by atoms with Crippen molar-refractivity contribution >= 4 is 0 Å². The minimum atomic E-state index is -0.152. The van der Waals surface area contributed by atoms with Gasteiger partial charge in [0, 0.05) is 6.04 Å². The van der Waals surface area contributed by atoms with Crippen molar-refractivity contribution in [3.05, 3.63) is 35.6 Å². The highest BCUT2D eigenvalue weighted by Gasteiger charge is 2.04. The maximum Gasteiger partial charge on any atom is 0.123 e. The number of nitrogens with one attached hydrogen (secondary N) is 1. The summed E-state index contributed by atoms with van der Waals surface area (Å²) in [5, 5.41) is 3.45. The highest BCUT2D eigenvalue weighted by molar-refractivity contribution is 5.19. The average Bonchev–Trinajstić information content (AvgIpc) is 2.37. The van der Waals surface area contributed by atoms with E-state index in [1.165, 1.54) is 44.6 Å². The third-order valence-corrected chi connectivity index (χ3v) is 3.33. The molecule has 1 rings (SSSR count). The molecule has 0 saturated carbocycles. The molecular formula is C16H26FN. The van der Waals surface area contributed by atoms with E-state index < -0.39 is 0 Å². The van der Waals surface area contributed by atoms with Gasteiger partial charge in [-0.05, 0) is 37.6 Å². The Labute approximate surface area is 111 Å². The minimum absolute atomic E-state index is 0.152. The third-order valence-electron chi connectivity index (χ3n) is 3.33. The van der Waals surface area contributed by atoms with Crippen molar-refractivity contribution in [1.82, 2.24) is 5.32 Å². The predicted molar refractivity (Wildman–Crippen MR) is 76.2 cm³/mol. The number of rotatable bonds is 9. The fourth-order valence-electron chi connectivity index (χ4n) is 2.12. The van der Waals surface area contributed by atoms with Crippen LogP contribution in [0.3, 0.4) is 0 Å². The number of unbranched alkanes of at least 4 members (excludes halogenated alkanes) is 5. The van der Waals surface area contributed by atoms with Crippen LogP contribution in [0.2, 0.25) is 0 Å². The van der Waals surface area contributed by atoms with Gasteiger partial charge in [-0.15, -0.1) is 0 Å². The van der Waals surface area contributed by atoms with Gasteiger partial charge in [-0.25, -0.2) is 4.39 Å². The molecule has 0 fully saturated rings. The van der Waals surface area contributed by atoms with Crippen molar-refractivity contribution in [1.29, 1.82) is 0 Å². The highest BCUT2D eigenvalue weighted by atomic mass is 19.1. The second-order valence-electron chi connectivity index (χ2n) is 5.00. The van der Waals surface area contributed by atoms with Crippen LogP contribution in [-0.4, -0.2) is 6.54 Å². The van der Waals surface area contributed by atoms with Crippen LogP contribution in [-0.2, 0) is 0 Å². The Morgan fingerprint density at radius 2 is 1.83 bits per heavy atom. The maximum absolute atomic E-state index is 13.1. The lowest BCUT2D eigenvalue weighted by Crippen LogP contribution is -2.19. The second-order valence-corrected chi connectivity index (χ2v) is 5.00. The van der Waals surface area contributed by atoms with Crippen LogP contribution in [0, 0.1) is 5.82 Å². The fourth-order valence-corrected chi connectivity index (χ4v) is 2.12. The average molecular weight is 251 g/mol. The van der Waals surface area contributed by atoms with Crippen molar-refractivity contribution in [2.24, 2.45) is 0 Å². The van der Waals surface area contributed by atoms with Gasteiger partial charge >= 0.3 is 0 Å². The Kier molecular flexibility index (Phi) is 7.66. The van der Waals surface area contributed by atoms with Crippen molar-refractivity contribution < 1.29 is 4.39 Å². The largest absolute Gasteiger partial charge is 0.310 e. The Bertz CT molecular complexity index is 325. The van der Waals surface area contributed by atoms with Gasteiger partial charge in [0.2, 0.25) is 0 Å². The molecule has 0 amide bonds. The van der Waals surface area contributed by atoms with E-state index in [-0.39, 0.29) is 11.9 Å². The molecule has 0 aliphatic rings. The van der Waals surface area contributed by atoms with E-state index in [4.69, 9.17) is 0 Å². The van der Waals surface area contributed by atoms with Gasteiger partial charge in [0.15, 0.2) is 0 Å². The first-order valence-corrected chi connectivity index (χ1v) is 7.23. The topological polar surface area (TPSA) is 12.0 Å². The van der Waals surface area contributed by atoms with Crippen LogP contribution >= 0.6 is 0 Å². The molecule has 1 aromatic carbocycles. The van der Waals surface area contributed by atoms with Crippen molar-refractivity contribution in [3.8, 4) is 0 Å². The molecule has 0 bridgehead atoms. The first-order valence-electron chi connectivity index (χ1n) is 7.23. The molecule has 0 spiro atoms. The molecule has 18 heavy (non-hydrogen) atoms. The van der Waals surface area contributed by atoms with E-state index in [1.807, 2.05) is 6.07 Å². The van der Waals surface area contributed by atoms with Crippen LogP contribution < -0.4 is 5.32 Å². The zero-order valence-electron chi connectivity index (χ0n) is 11.7. The van der Waals surface area contributed by atoms with Crippen LogP contribution in [0.5, 0.6) is 0 Å². The molecule has 0 unspecified atom stereocenters. The Hall–Kier alpha value is -0.890. The lowest BCUT2D eigenvalue weighted by molar-refractivity contribution is 0.524. The molecule has 1 atom stereocenters. The van der Waals surface area contributed by atoms with Crippen molar-refractivity contribution in [2.75, 3.05) is 6.54 Å². The van der Waals surface area contributed by atoms with Crippen molar-refractivity contribution in [3.63, 3.8) is 0 Å². The fraction of sp³-hybridized carbons (Fsp3) is 0.625. The zero-order chi connectivity index (χ0) is 13.2. The summed E-state index contributed by atoms with van der Waals surface area (Å²) in [7, 11) is 0. The van der Waals surface area contributed by atoms with E-state index in [0.29, 0.717) is 0 Å². The van der Waals surface area contributed by atoms with E-state index >= 15 is 0 Å². The first kappa shape index (κ1) is 15.2. The summed E-state index contributed by atoms with van der Waals surface area (Å²) < 4.78 is 13.1. The van der Waals surface area contributed by atoms with Gasteiger partial charge in [0.1, 0.15) is 5.82 Å². The molecule has 1 nitrogen and oxygen atoms in total. The number of hydrogen-bond acceptors (Lipinski definition) is 1. The van der Waals surface area contributed by atoms with E-state index in [2.05, 4.69) is 19.2 Å². The monoisotopic (exact) mass is 251 g/mol. The summed E-state index contributed by atoms with van der Waals surface area (Å²) in [6.45, 7) is 5.35. The van der Waals surface area contributed by atoms with E-state index in [0.717, 1.165) is 12.1 Å². The molecule has 0 aromatic heterocycles. The first-order chi connectivity index (χ1) is 8.74. The Balaban J connectivity index is 2.12. The summed E-state index contributed by atoms with van der Waals surface area (Å²) in [5.74, 6) is -0.152. The summed E-state index contributed by atoms with van der Waals surface area (Å²) in [6, 6.07) is 7.08. The molecule has 1 N–H and O–H groups in total. The summed E-state index contributed by atoms with van der Waals surface area (Å²) in [4.78, 5) is 0.